The molecule has 0 aromatic heterocycles. The van der Waals surface area contributed by atoms with Gasteiger partial charge in [0.15, 0.2) is 0 Å². The molecule has 0 aliphatic carbocycles. The zero-order valence-corrected chi connectivity index (χ0v) is 8.33. The first kappa shape index (κ1) is 8.88. The summed E-state index contributed by atoms with van der Waals surface area (Å²) in [5.41, 5.74) is 8.18. The summed E-state index contributed by atoms with van der Waals surface area (Å²) in [5, 5.41) is 11.8. The van der Waals surface area contributed by atoms with E-state index >= 15 is 0 Å². The minimum Gasteiger partial charge on any atom is -0.505 e. The predicted molar refractivity (Wildman–Crippen MR) is 59.5 cm³/mol. The van der Waals surface area contributed by atoms with Gasteiger partial charge in [0.1, 0.15) is 5.75 Å². The molecule has 0 saturated carbocycles. The van der Waals surface area contributed by atoms with E-state index in [1.54, 1.807) is 0 Å². The second kappa shape index (κ2) is 2.91. The third kappa shape index (κ3) is 1.11. The second-order valence-electron chi connectivity index (χ2n) is 3.61. The number of hydrogen-bond donors (Lipinski definition) is 2. The summed E-state index contributed by atoms with van der Waals surface area (Å²) >= 11 is 0. The van der Waals surface area contributed by atoms with E-state index in [1.807, 2.05) is 38.1 Å². The number of hydrogen-bond acceptors (Lipinski definition) is 2. The van der Waals surface area contributed by atoms with Crippen LogP contribution in [-0.4, -0.2) is 5.11 Å². The lowest BCUT2D eigenvalue weighted by Crippen LogP contribution is -1.90. The van der Waals surface area contributed by atoms with Crippen LogP contribution in [0.3, 0.4) is 0 Å². The molecule has 2 aromatic carbocycles. The standard InChI is InChI=1S/C12H13NO/c1-7-4-3-5-9-8(2)12(14)11(13)6-10(7)9/h3-6,14H,13H2,1-2H3. The second-order valence-corrected chi connectivity index (χ2v) is 3.61. The number of rotatable bonds is 0. The van der Waals surface area contributed by atoms with Crippen molar-refractivity contribution in [2.45, 2.75) is 13.8 Å². The van der Waals surface area contributed by atoms with Crippen LogP contribution in [-0.2, 0) is 0 Å². The molecule has 0 fully saturated rings. The van der Waals surface area contributed by atoms with Gasteiger partial charge in [0, 0.05) is 5.56 Å². The maximum Gasteiger partial charge on any atom is 0.142 e. The van der Waals surface area contributed by atoms with Crippen LogP contribution >= 0.6 is 0 Å². The van der Waals surface area contributed by atoms with Crippen molar-refractivity contribution in [3.63, 3.8) is 0 Å². The molecule has 2 nitrogen and oxygen atoms in total. The summed E-state index contributed by atoms with van der Waals surface area (Å²) < 4.78 is 0. The quantitative estimate of drug-likeness (QED) is 0.492. The van der Waals surface area contributed by atoms with Gasteiger partial charge in [-0.3, -0.25) is 0 Å². The Morgan fingerprint density at radius 3 is 2.57 bits per heavy atom. The lowest BCUT2D eigenvalue weighted by molar-refractivity contribution is 0.475. The van der Waals surface area contributed by atoms with Crippen molar-refractivity contribution in [2.24, 2.45) is 0 Å². The van der Waals surface area contributed by atoms with Crippen molar-refractivity contribution in [1.29, 1.82) is 0 Å². The molecule has 0 unspecified atom stereocenters. The normalized spacial score (nSPS) is 10.7. The van der Waals surface area contributed by atoms with Crippen LogP contribution in [0.1, 0.15) is 11.1 Å². The number of nitrogen functional groups attached to an aromatic ring is 1. The monoisotopic (exact) mass is 187 g/mol. The molecule has 14 heavy (non-hydrogen) atoms. The molecule has 0 amide bonds. The van der Waals surface area contributed by atoms with Crippen molar-refractivity contribution in [3.8, 4) is 5.75 Å². The molecule has 0 aliphatic rings. The molecular weight excluding hydrogens is 174 g/mol. The maximum atomic E-state index is 9.67. The molecule has 2 aromatic rings. The Balaban J connectivity index is 2.98. The first-order valence-corrected chi connectivity index (χ1v) is 4.58. The molecule has 2 rings (SSSR count). The highest BCUT2D eigenvalue weighted by Crippen LogP contribution is 2.33. The number of aromatic hydroxyl groups is 1. The Labute approximate surface area is 83.0 Å². The smallest absolute Gasteiger partial charge is 0.142 e. The molecule has 0 aliphatic heterocycles. The van der Waals surface area contributed by atoms with E-state index in [9.17, 15) is 5.11 Å². The Kier molecular flexibility index (Phi) is 1.84. The van der Waals surface area contributed by atoms with Crippen LogP contribution in [0.25, 0.3) is 10.8 Å². The molecule has 2 heteroatoms. The summed E-state index contributed by atoms with van der Waals surface area (Å²) in [6.45, 7) is 3.92. The maximum absolute atomic E-state index is 9.67. The van der Waals surface area contributed by atoms with Gasteiger partial charge in [0.2, 0.25) is 0 Å². The Morgan fingerprint density at radius 1 is 1.14 bits per heavy atom. The predicted octanol–water partition coefficient (Wildman–Crippen LogP) is 2.74. The highest BCUT2D eigenvalue weighted by Gasteiger charge is 2.07. The van der Waals surface area contributed by atoms with Crippen LogP contribution in [0.5, 0.6) is 5.75 Å². The van der Waals surface area contributed by atoms with Crippen molar-refractivity contribution in [3.05, 3.63) is 35.4 Å². The Hall–Kier alpha value is -1.70. The Morgan fingerprint density at radius 2 is 1.86 bits per heavy atom. The number of anilines is 1. The van der Waals surface area contributed by atoms with Gasteiger partial charge in [-0.1, -0.05) is 18.2 Å². The zero-order valence-electron chi connectivity index (χ0n) is 8.33. The van der Waals surface area contributed by atoms with Crippen molar-refractivity contribution in [2.75, 3.05) is 5.73 Å². The van der Waals surface area contributed by atoms with Gasteiger partial charge in [-0.2, -0.15) is 0 Å². The van der Waals surface area contributed by atoms with Crippen LogP contribution in [0.15, 0.2) is 24.3 Å². The fourth-order valence-electron chi connectivity index (χ4n) is 1.77. The molecule has 0 radical (unpaired) electrons. The molecule has 3 N–H and O–H groups in total. The highest BCUT2D eigenvalue weighted by molar-refractivity contribution is 5.93. The van der Waals surface area contributed by atoms with Crippen molar-refractivity contribution < 1.29 is 5.11 Å². The molecule has 0 bridgehead atoms. The third-order valence-corrected chi connectivity index (χ3v) is 2.66. The third-order valence-electron chi connectivity index (χ3n) is 2.66. The molecule has 0 saturated heterocycles. The van der Waals surface area contributed by atoms with Gasteiger partial charge < -0.3 is 10.8 Å². The first-order chi connectivity index (χ1) is 6.61. The van der Waals surface area contributed by atoms with Crippen molar-refractivity contribution in [1.82, 2.24) is 0 Å². The fraction of sp³-hybridized carbons (Fsp3) is 0.167. The lowest BCUT2D eigenvalue weighted by Gasteiger charge is -2.09. The summed E-state index contributed by atoms with van der Waals surface area (Å²) in [5.74, 6) is 0.197. The summed E-state index contributed by atoms with van der Waals surface area (Å²) in [4.78, 5) is 0. The van der Waals surface area contributed by atoms with E-state index < -0.39 is 0 Å². The van der Waals surface area contributed by atoms with E-state index in [0.717, 1.165) is 16.3 Å². The first-order valence-electron chi connectivity index (χ1n) is 4.58. The van der Waals surface area contributed by atoms with Crippen LogP contribution in [0, 0.1) is 13.8 Å². The van der Waals surface area contributed by atoms with Gasteiger partial charge in [-0.15, -0.1) is 0 Å². The van der Waals surface area contributed by atoms with Crippen LogP contribution in [0.4, 0.5) is 5.69 Å². The molecule has 0 heterocycles. The molecule has 0 spiro atoms. The number of phenolic OH excluding ortho intramolecular Hbond substituents is 1. The topological polar surface area (TPSA) is 46.2 Å². The van der Waals surface area contributed by atoms with Crippen LogP contribution in [0.2, 0.25) is 0 Å². The molecular formula is C12H13NO. The largest absolute Gasteiger partial charge is 0.505 e. The van der Waals surface area contributed by atoms with Gasteiger partial charge >= 0.3 is 0 Å². The summed E-state index contributed by atoms with van der Waals surface area (Å²) in [6, 6.07) is 7.85. The van der Waals surface area contributed by atoms with E-state index in [1.165, 1.54) is 5.56 Å². The minimum atomic E-state index is 0.197. The summed E-state index contributed by atoms with van der Waals surface area (Å²) in [7, 11) is 0. The zero-order chi connectivity index (χ0) is 10.3. The van der Waals surface area contributed by atoms with E-state index in [-0.39, 0.29) is 5.75 Å². The minimum absolute atomic E-state index is 0.197. The molecule has 0 atom stereocenters. The van der Waals surface area contributed by atoms with Gasteiger partial charge in [-0.25, -0.2) is 0 Å². The van der Waals surface area contributed by atoms with Gasteiger partial charge in [0.25, 0.3) is 0 Å². The number of phenols is 1. The fourth-order valence-corrected chi connectivity index (χ4v) is 1.77. The molecule has 72 valence electrons. The SMILES string of the molecule is Cc1cccc2c(C)c(O)c(N)cc12. The van der Waals surface area contributed by atoms with Crippen LogP contribution < -0.4 is 5.73 Å². The number of nitrogens with two attached hydrogens (primary N) is 1. The average Bonchev–Trinajstić information content (AvgIpc) is 2.17. The highest BCUT2D eigenvalue weighted by atomic mass is 16.3. The summed E-state index contributed by atoms with van der Waals surface area (Å²) in [6.07, 6.45) is 0. The number of fused-ring (bicyclic) bond motifs is 1. The van der Waals surface area contributed by atoms with Crippen molar-refractivity contribution >= 4 is 16.5 Å². The van der Waals surface area contributed by atoms with Gasteiger partial charge in [-0.05, 0) is 36.2 Å². The number of benzene rings is 2. The average molecular weight is 187 g/mol. The lowest BCUT2D eigenvalue weighted by atomic mass is 10.00. The van der Waals surface area contributed by atoms with E-state index in [2.05, 4.69) is 0 Å². The van der Waals surface area contributed by atoms with E-state index in [0.29, 0.717) is 5.69 Å². The number of aryl methyl sites for hydroxylation is 2. The van der Waals surface area contributed by atoms with Gasteiger partial charge in [0.05, 0.1) is 5.69 Å². The van der Waals surface area contributed by atoms with E-state index in [4.69, 9.17) is 5.73 Å². The Bertz CT molecular complexity index is 503.